The van der Waals surface area contributed by atoms with Gasteiger partial charge in [0.05, 0.1) is 0 Å². The van der Waals surface area contributed by atoms with E-state index in [0.29, 0.717) is 28.9 Å². The van der Waals surface area contributed by atoms with E-state index in [2.05, 4.69) is 24.1 Å². The fraction of sp³-hybridized carbons (Fsp3) is 0.269. The van der Waals surface area contributed by atoms with Crippen LogP contribution in [0.25, 0.3) is 11.2 Å². The van der Waals surface area contributed by atoms with Gasteiger partial charge in [-0.1, -0.05) is 56.8 Å². The van der Waals surface area contributed by atoms with E-state index >= 15 is 0 Å². The number of fused-ring (bicyclic) bond motifs is 1. The summed E-state index contributed by atoms with van der Waals surface area (Å²) >= 11 is 1.51. The Morgan fingerprint density at radius 1 is 1.09 bits per heavy atom. The highest BCUT2D eigenvalue weighted by Gasteiger charge is 2.25. The number of nitrogens with zero attached hydrogens (tertiary/aromatic N) is 3. The maximum atomic E-state index is 13.3. The maximum Gasteiger partial charge on any atom is 0.247 e. The van der Waals surface area contributed by atoms with Crippen LogP contribution in [-0.2, 0) is 10.5 Å². The molecular formula is C26H27FN4OS. The van der Waals surface area contributed by atoms with Gasteiger partial charge in [0.1, 0.15) is 17.4 Å². The first-order valence-corrected chi connectivity index (χ1v) is 12.1. The second-order valence-corrected chi connectivity index (χ2v) is 9.16. The Bertz CT molecular complexity index is 1240. The highest BCUT2D eigenvalue weighted by molar-refractivity contribution is 7.98. The van der Waals surface area contributed by atoms with Crippen molar-refractivity contribution in [3.8, 4) is 0 Å². The number of aromatic nitrogens is 3. The van der Waals surface area contributed by atoms with E-state index in [1.54, 1.807) is 18.3 Å². The highest BCUT2D eigenvalue weighted by atomic mass is 32.2. The summed E-state index contributed by atoms with van der Waals surface area (Å²) in [5.41, 5.74) is 4.39. The van der Waals surface area contributed by atoms with Gasteiger partial charge in [-0.3, -0.25) is 9.36 Å². The average molecular weight is 463 g/mol. The van der Waals surface area contributed by atoms with Gasteiger partial charge >= 0.3 is 0 Å². The third kappa shape index (κ3) is 5.25. The van der Waals surface area contributed by atoms with E-state index in [1.807, 2.05) is 47.9 Å². The SMILES string of the molecule is CCC(C(=O)Nc1ccc(C(C)C)cc1)n1c(SCc2ccc(F)cc2)nc2cccnc21. The van der Waals surface area contributed by atoms with E-state index < -0.39 is 6.04 Å². The van der Waals surface area contributed by atoms with Gasteiger partial charge in [0.25, 0.3) is 0 Å². The van der Waals surface area contributed by atoms with Gasteiger partial charge < -0.3 is 5.32 Å². The number of anilines is 1. The molecule has 7 heteroatoms. The zero-order valence-corrected chi connectivity index (χ0v) is 19.8. The van der Waals surface area contributed by atoms with Crippen molar-refractivity contribution in [2.24, 2.45) is 0 Å². The van der Waals surface area contributed by atoms with Gasteiger partial charge in [-0.25, -0.2) is 14.4 Å². The van der Waals surface area contributed by atoms with Crippen molar-refractivity contribution >= 4 is 34.5 Å². The number of carbonyl (C=O) groups is 1. The standard InChI is InChI=1S/C26H27FN4OS/c1-4-23(25(32)29-21-13-9-19(10-14-21)17(2)3)31-24-22(6-5-15-28-24)30-26(31)33-16-18-7-11-20(27)12-8-18/h5-15,17,23H,4,16H2,1-3H3,(H,29,32). The van der Waals surface area contributed by atoms with E-state index in [4.69, 9.17) is 4.98 Å². The Kier molecular flexibility index (Phi) is 7.08. The molecule has 1 N–H and O–H groups in total. The van der Waals surface area contributed by atoms with Crippen molar-refractivity contribution in [1.29, 1.82) is 0 Å². The normalized spacial score (nSPS) is 12.3. The zero-order chi connectivity index (χ0) is 23.4. The van der Waals surface area contributed by atoms with E-state index in [-0.39, 0.29) is 11.7 Å². The van der Waals surface area contributed by atoms with E-state index in [0.717, 1.165) is 16.8 Å². The van der Waals surface area contributed by atoms with Crippen LogP contribution < -0.4 is 5.32 Å². The molecule has 0 saturated heterocycles. The molecular weight excluding hydrogens is 435 g/mol. The summed E-state index contributed by atoms with van der Waals surface area (Å²) in [6.07, 6.45) is 2.30. The Morgan fingerprint density at radius 3 is 2.48 bits per heavy atom. The second kappa shape index (κ2) is 10.2. The number of imidazole rings is 1. The predicted molar refractivity (Wildman–Crippen MR) is 132 cm³/mol. The number of halogens is 1. The Morgan fingerprint density at radius 2 is 1.82 bits per heavy atom. The van der Waals surface area contributed by atoms with Gasteiger partial charge in [-0.2, -0.15) is 0 Å². The molecule has 0 saturated carbocycles. The summed E-state index contributed by atoms with van der Waals surface area (Å²) in [6.45, 7) is 6.27. The lowest BCUT2D eigenvalue weighted by Gasteiger charge is -2.19. The van der Waals surface area contributed by atoms with Crippen molar-refractivity contribution in [2.75, 3.05) is 5.32 Å². The summed E-state index contributed by atoms with van der Waals surface area (Å²) in [7, 11) is 0. The minimum absolute atomic E-state index is 0.108. The largest absolute Gasteiger partial charge is 0.324 e. The fourth-order valence-corrected chi connectivity index (χ4v) is 4.69. The second-order valence-electron chi connectivity index (χ2n) is 8.22. The van der Waals surface area contributed by atoms with E-state index in [1.165, 1.54) is 29.5 Å². The topological polar surface area (TPSA) is 59.8 Å². The zero-order valence-electron chi connectivity index (χ0n) is 19.0. The van der Waals surface area contributed by atoms with Crippen molar-refractivity contribution < 1.29 is 9.18 Å². The van der Waals surface area contributed by atoms with Crippen molar-refractivity contribution in [3.63, 3.8) is 0 Å². The lowest BCUT2D eigenvalue weighted by atomic mass is 10.0. The fourth-order valence-electron chi connectivity index (χ4n) is 3.68. The van der Waals surface area contributed by atoms with Crippen LogP contribution in [0.1, 0.15) is 50.3 Å². The molecule has 2 aromatic carbocycles. The van der Waals surface area contributed by atoms with Gasteiger partial charge in [-0.15, -0.1) is 0 Å². The predicted octanol–water partition coefficient (Wildman–Crippen LogP) is 6.58. The van der Waals surface area contributed by atoms with Crippen LogP contribution in [0.2, 0.25) is 0 Å². The van der Waals surface area contributed by atoms with Crippen molar-refractivity contribution in [2.45, 2.75) is 50.1 Å². The molecule has 170 valence electrons. The van der Waals surface area contributed by atoms with Crippen LogP contribution in [0, 0.1) is 5.82 Å². The summed E-state index contributed by atoms with van der Waals surface area (Å²) < 4.78 is 15.2. The lowest BCUT2D eigenvalue weighted by Crippen LogP contribution is -2.26. The molecule has 33 heavy (non-hydrogen) atoms. The summed E-state index contributed by atoms with van der Waals surface area (Å²) in [6, 6.07) is 17.7. The number of pyridine rings is 1. The van der Waals surface area contributed by atoms with Crippen molar-refractivity contribution in [3.05, 3.63) is 83.8 Å². The molecule has 0 aliphatic rings. The monoisotopic (exact) mass is 462 g/mol. The molecule has 0 aliphatic heterocycles. The molecule has 0 bridgehead atoms. The van der Waals surface area contributed by atoms with Gasteiger partial charge in [0.15, 0.2) is 10.8 Å². The third-order valence-corrected chi connectivity index (χ3v) is 6.57. The quantitative estimate of drug-likeness (QED) is 0.301. The van der Waals surface area contributed by atoms with Crippen LogP contribution >= 0.6 is 11.8 Å². The van der Waals surface area contributed by atoms with Crippen LogP contribution in [0.15, 0.2) is 72.0 Å². The smallest absolute Gasteiger partial charge is 0.247 e. The number of hydrogen-bond acceptors (Lipinski definition) is 4. The average Bonchev–Trinajstić information content (AvgIpc) is 3.18. The van der Waals surface area contributed by atoms with Gasteiger partial charge in [0, 0.05) is 17.6 Å². The Hall–Kier alpha value is -3.19. The summed E-state index contributed by atoms with van der Waals surface area (Å²) in [5, 5.41) is 3.77. The number of amides is 1. The highest BCUT2D eigenvalue weighted by Crippen LogP contribution is 2.31. The molecule has 0 radical (unpaired) electrons. The van der Waals surface area contributed by atoms with Crippen LogP contribution in [0.5, 0.6) is 0 Å². The van der Waals surface area contributed by atoms with Crippen LogP contribution in [0.3, 0.4) is 0 Å². The van der Waals surface area contributed by atoms with Gasteiger partial charge in [0.2, 0.25) is 5.91 Å². The number of hydrogen-bond donors (Lipinski definition) is 1. The molecule has 1 unspecified atom stereocenters. The number of benzene rings is 2. The Balaban J connectivity index is 1.61. The molecule has 2 aromatic heterocycles. The number of rotatable bonds is 8. The third-order valence-electron chi connectivity index (χ3n) is 5.54. The number of carbonyl (C=O) groups excluding carboxylic acids is 1. The molecule has 4 rings (SSSR count). The minimum Gasteiger partial charge on any atom is -0.324 e. The van der Waals surface area contributed by atoms with Gasteiger partial charge in [-0.05, 0) is 59.9 Å². The van der Waals surface area contributed by atoms with Crippen molar-refractivity contribution in [1.82, 2.24) is 14.5 Å². The first-order valence-electron chi connectivity index (χ1n) is 11.1. The first-order chi connectivity index (χ1) is 16.0. The van der Waals surface area contributed by atoms with E-state index in [9.17, 15) is 9.18 Å². The first kappa shape index (κ1) is 23.0. The number of nitrogens with one attached hydrogen (secondary N) is 1. The summed E-state index contributed by atoms with van der Waals surface area (Å²) in [4.78, 5) is 22.6. The maximum absolute atomic E-state index is 13.3. The lowest BCUT2D eigenvalue weighted by molar-refractivity contribution is -0.119. The Labute approximate surface area is 197 Å². The molecule has 0 spiro atoms. The molecule has 1 amide bonds. The molecule has 1 atom stereocenters. The molecule has 5 nitrogen and oxygen atoms in total. The van der Waals surface area contributed by atoms with Crippen LogP contribution in [0.4, 0.5) is 10.1 Å². The minimum atomic E-state index is -0.467. The molecule has 4 aromatic rings. The molecule has 2 heterocycles. The van der Waals surface area contributed by atoms with Crippen LogP contribution in [-0.4, -0.2) is 20.4 Å². The number of thioether (sulfide) groups is 1. The molecule has 0 aliphatic carbocycles. The summed E-state index contributed by atoms with van der Waals surface area (Å²) in [5.74, 6) is 0.674. The molecule has 0 fully saturated rings.